The predicted octanol–water partition coefficient (Wildman–Crippen LogP) is 1.16. The van der Waals surface area contributed by atoms with E-state index in [9.17, 15) is 9.90 Å². The van der Waals surface area contributed by atoms with Gasteiger partial charge in [-0.05, 0) is 30.9 Å². The molecule has 0 spiro atoms. The average molecular weight is 270 g/mol. The Labute approximate surface area is 111 Å². The number of pyridine rings is 1. The number of aromatic nitrogens is 1. The molecule has 0 radical (unpaired) electrons. The highest BCUT2D eigenvalue weighted by Gasteiger charge is 2.29. The molecule has 1 aromatic heterocycles. The van der Waals surface area contributed by atoms with Crippen LogP contribution in [0.3, 0.4) is 0 Å². The molecule has 0 saturated heterocycles. The fraction of sp³-hybridized carbons (Fsp3) is 0.500. The lowest BCUT2D eigenvalue weighted by Gasteiger charge is -2.34. The van der Waals surface area contributed by atoms with E-state index in [4.69, 9.17) is 17.3 Å². The molecule has 6 heteroatoms. The van der Waals surface area contributed by atoms with E-state index < -0.39 is 0 Å². The molecule has 0 aromatic carbocycles. The van der Waals surface area contributed by atoms with Crippen molar-refractivity contribution in [2.45, 2.75) is 18.9 Å². The van der Waals surface area contributed by atoms with E-state index in [2.05, 4.69) is 4.98 Å². The first kappa shape index (κ1) is 13.1. The van der Waals surface area contributed by atoms with Crippen LogP contribution in [0.15, 0.2) is 12.1 Å². The second-order valence-corrected chi connectivity index (χ2v) is 5.15. The molecule has 1 aliphatic rings. The second kappa shape index (κ2) is 5.12. The molecule has 5 nitrogen and oxygen atoms in total. The summed E-state index contributed by atoms with van der Waals surface area (Å²) in [5.41, 5.74) is 5.73. The molecule has 1 fully saturated rings. The lowest BCUT2D eigenvalue weighted by Crippen LogP contribution is -2.39. The largest absolute Gasteiger partial charge is 0.393 e. The zero-order valence-corrected chi connectivity index (χ0v) is 10.9. The molecule has 1 aliphatic carbocycles. The number of nitrogen functional groups attached to an aromatic ring is 1. The van der Waals surface area contributed by atoms with E-state index in [0.29, 0.717) is 17.5 Å². The molecule has 0 bridgehead atoms. The van der Waals surface area contributed by atoms with Crippen LogP contribution in [0.5, 0.6) is 0 Å². The Morgan fingerprint density at radius 3 is 2.89 bits per heavy atom. The summed E-state index contributed by atoms with van der Waals surface area (Å²) in [6.07, 6.45) is 1.28. The maximum atomic E-state index is 12.1. The number of hydrogen-bond donors (Lipinski definition) is 2. The smallest absolute Gasteiger partial charge is 0.273 e. The summed E-state index contributed by atoms with van der Waals surface area (Å²) in [6.45, 7) is 0.600. The third kappa shape index (κ3) is 2.73. The molecule has 1 heterocycles. The summed E-state index contributed by atoms with van der Waals surface area (Å²) in [5.74, 6) is 0.387. The van der Waals surface area contributed by atoms with Crippen LogP contribution in [-0.2, 0) is 0 Å². The molecule has 0 atom stereocenters. The van der Waals surface area contributed by atoms with Gasteiger partial charge in [-0.1, -0.05) is 11.6 Å². The quantitative estimate of drug-likeness (QED) is 0.863. The number of aliphatic hydroxyl groups is 1. The molecular formula is C12H16ClN3O2. The normalized spacial score (nSPS) is 22.4. The molecular weight excluding hydrogens is 254 g/mol. The van der Waals surface area contributed by atoms with Crippen LogP contribution in [0.4, 0.5) is 5.82 Å². The van der Waals surface area contributed by atoms with Crippen LogP contribution in [0, 0.1) is 5.92 Å². The molecule has 1 saturated carbocycles. The van der Waals surface area contributed by atoms with Crippen molar-refractivity contribution in [1.82, 2.24) is 9.88 Å². The van der Waals surface area contributed by atoms with Crippen LogP contribution in [0.25, 0.3) is 0 Å². The van der Waals surface area contributed by atoms with Gasteiger partial charge < -0.3 is 15.7 Å². The second-order valence-electron chi connectivity index (χ2n) is 4.74. The summed E-state index contributed by atoms with van der Waals surface area (Å²) < 4.78 is 0. The van der Waals surface area contributed by atoms with E-state index >= 15 is 0 Å². The van der Waals surface area contributed by atoms with Gasteiger partial charge in [0.25, 0.3) is 5.91 Å². The Balaban J connectivity index is 2.03. The fourth-order valence-electron chi connectivity index (χ4n) is 2.11. The SMILES string of the molecule is CN(CC1CC(O)C1)C(=O)c1nc(N)ccc1Cl. The lowest BCUT2D eigenvalue weighted by atomic mass is 9.82. The van der Waals surface area contributed by atoms with Crippen molar-refractivity contribution in [2.75, 3.05) is 19.3 Å². The number of nitrogens with two attached hydrogens (primary N) is 1. The van der Waals surface area contributed by atoms with Crippen molar-refractivity contribution < 1.29 is 9.90 Å². The van der Waals surface area contributed by atoms with E-state index in [1.54, 1.807) is 24.1 Å². The molecule has 0 aliphatic heterocycles. The molecule has 1 aromatic rings. The van der Waals surface area contributed by atoms with Crippen molar-refractivity contribution in [3.63, 3.8) is 0 Å². The van der Waals surface area contributed by atoms with Crippen molar-refractivity contribution in [3.8, 4) is 0 Å². The molecule has 0 unspecified atom stereocenters. The van der Waals surface area contributed by atoms with E-state index in [1.165, 1.54) is 0 Å². The minimum atomic E-state index is -0.242. The van der Waals surface area contributed by atoms with Gasteiger partial charge in [0.1, 0.15) is 11.5 Å². The number of carbonyl (C=O) groups excluding carboxylic acids is 1. The third-order valence-corrected chi connectivity index (χ3v) is 3.46. The highest BCUT2D eigenvalue weighted by molar-refractivity contribution is 6.33. The van der Waals surface area contributed by atoms with Gasteiger partial charge in [-0.3, -0.25) is 4.79 Å². The molecule has 18 heavy (non-hydrogen) atoms. The number of amides is 1. The van der Waals surface area contributed by atoms with Crippen LogP contribution in [0.1, 0.15) is 23.3 Å². The first-order valence-corrected chi connectivity index (χ1v) is 6.20. The zero-order valence-electron chi connectivity index (χ0n) is 10.1. The van der Waals surface area contributed by atoms with Gasteiger partial charge in [-0.25, -0.2) is 4.98 Å². The first-order chi connectivity index (χ1) is 8.47. The number of nitrogens with zero attached hydrogens (tertiary/aromatic N) is 2. The van der Waals surface area contributed by atoms with Crippen LogP contribution in [0.2, 0.25) is 5.02 Å². The number of halogens is 1. The topological polar surface area (TPSA) is 79.5 Å². The molecule has 98 valence electrons. The van der Waals surface area contributed by atoms with Gasteiger partial charge in [0.2, 0.25) is 0 Å². The van der Waals surface area contributed by atoms with E-state index in [1.807, 2.05) is 0 Å². The van der Waals surface area contributed by atoms with Crippen molar-refractivity contribution in [3.05, 3.63) is 22.8 Å². The monoisotopic (exact) mass is 269 g/mol. The Hall–Kier alpha value is -1.33. The third-order valence-electron chi connectivity index (χ3n) is 3.16. The maximum absolute atomic E-state index is 12.1. The van der Waals surface area contributed by atoms with Crippen molar-refractivity contribution >= 4 is 23.3 Å². The number of hydrogen-bond acceptors (Lipinski definition) is 4. The lowest BCUT2D eigenvalue weighted by molar-refractivity contribution is 0.0264. The Morgan fingerprint density at radius 2 is 2.28 bits per heavy atom. The average Bonchev–Trinajstić information content (AvgIpc) is 2.29. The van der Waals surface area contributed by atoms with Gasteiger partial charge in [0.05, 0.1) is 11.1 Å². The molecule has 3 N–H and O–H groups in total. The minimum absolute atomic E-state index is 0.180. The summed E-state index contributed by atoms with van der Waals surface area (Å²) in [5, 5.41) is 9.51. The number of carbonyl (C=O) groups is 1. The first-order valence-electron chi connectivity index (χ1n) is 5.83. The Morgan fingerprint density at radius 1 is 1.61 bits per heavy atom. The summed E-state index contributed by atoms with van der Waals surface area (Å²) in [4.78, 5) is 17.7. The van der Waals surface area contributed by atoms with Crippen LogP contribution in [-0.4, -0.2) is 40.6 Å². The highest BCUT2D eigenvalue weighted by Crippen LogP contribution is 2.28. The standard InChI is InChI=1S/C12H16ClN3O2/c1-16(6-7-4-8(17)5-7)12(18)11-9(13)2-3-10(14)15-11/h2-3,7-8,17H,4-6H2,1H3,(H2,14,15). The summed E-state index contributed by atoms with van der Waals surface area (Å²) >= 11 is 5.94. The predicted molar refractivity (Wildman–Crippen MR) is 69.4 cm³/mol. The van der Waals surface area contributed by atoms with Gasteiger partial charge in [-0.15, -0.1) is 0 Å². The van der Waals surface area contributed by atoms with Gasteiger partial charge in [0, 0.05) is 13.6 Å². The summed E-state index contributed by atoms with van der Waals surface area (Å²) in [7, 11) is 1.70. The maximum Gasteiger partial charge on any atom is 0.273 e. The molecule has 1 amide bonds. The van der Waals surface area contributed by atoms with Gasteiger partial charge in [0.15, 0.2) is 0 Å². The van der Waals surface area contributed by atoms with Crippen molar-refractivity contribution in [1.29, 1.82) is 0 Å². The van der Waals surface area contributed by atoms with E-state index in [-0.39, 0.29) is 23.5 Å². The highest BCUT2D eigenvalue weighted by atomic mass is 35.5. The van der Waals surface area contributed by atoms with Crippen LogP contribution < -0.4 is 5.73 Å². The zero-order chi connectivity index (χ0) is 13.3. The Bertz CT molecular complexity index is 461. The fourth-order valence-corrected chi connectivity index (χ4v) is 2.29. The van der Waals surface area contributed by atoms with Crippen molar-refractivity contribution in [2.24, 2.45) is 5.92 Å². The van der Waals surface area contributed by atoms with Crippen LogP contribution >= 0.6 is 11.6 Å². The summed E-state index contributed by atoms with van der Waals surface area (Å²) in [6, 6.07) is 3.12. The molecule has 2 rings (SSSR count). The van der Waals surface area contributed by atoms with Gasteiger partial charge >= 0.3 is 0 Å². The number of anilines is 1. The van der Waals surface area contributed by atoms with Gasteiger partial charge in [-0.2, -0.15) is 0 Å². The Kier molecular flexibility index (Phi) is 3.73. The number of rotatable bonds is 3. The number of aliphatic hydroxyl groups excluding tert-OH is 1. The van der Waals surface area contributed by atoms with E-state index in [0.717, 1.165) is 12.8 Å². The minimum Gasteiger partial charge on any atom is -0.393 e.